The smallest absolute Gasteiger partial charge is 0.355 e. The zero-order valence-electron chi connectivity index (χ0n) is 11.8. The molecule has 6 nitrogen and oxygen atoms in total. The largest absolute Gasteiger partial charge is 0.534 e. The first kappa shape index (κ1) is 16.3. The second-order valence-electron chi connectivity index (χ2n) is 4.55. The molecule has 0 amide bonds. The Kier molecular flexibility index (Phi) is 3.90. The molecule has 0 aliphatic heterocycles. The van der Waals surface area contributed by atoms with Crippen LogP contribution in [0.4, 0.5) is 13.2 Å². The lowest BCUT2D eigenvalue weighted by molar-refractivity contribution is -0.0502. The van der Waals surface area contributed by atoms with Gasteiger partial charge in [-0.05, 0) is 32.9 Å². The van der Waals surface area contributed by atoms with Crippen molar-refractivity contribution >= 4 is 10.1 Å². The summed E-state index contributed by atoms with van der Waals surface area (Å²) >= 11 is 0. The summed E-state index contributed by atoms with van der Waals surface area (Å²) in [7, 11) is -5.79. The molecule has 0 N–H and O–H groups in total. The van der Waals surface area contributed by atoms with E-state index in [1.54, 1.807) is 19.1 Å². The molecule has 0 aliphatic rings. The monoisotopic (exact) mass is 335 g/mol. The molecule has 0 saturated heterocycles. The first-order chi connectivity index (χ1) is 10.0. The van der Waals surface area contributed by atoms with Crippen molar-refractivity contribution in [3.63, 3.8) is 0 Å². The van der Waals surface area contributed by atoms with E-state index in [1.165, 1.54) is 19.9 Å². The molecule has 2 aromatic rings. The number of alkyl halides is 3. The van der Waals surface area contributed by atoms with Crippen molar-refractivity contribution in [2.75, 3.05) is 0 Å². The van der Waals surface area contributed by atoms with Crippen LogP contribution in [0.15, 0.2) is 18.2 Å². The average Bonchev–Trinajstić information content (AvgIpc) is 2.65. The van der Waals surface area contributed by atoms with Gasteiger partial charge in [0.1, 0.15) is 0 Å². The third-order valence-electron chi connectivity index (χ3n) is 2.87. The van der Waals surface area contributed by atoms with Crippen LogP contribution in [0.5, 0.6) is 5.88 Å². The van der Waals surface area contributed by atoms with Gasteiger partial charge in [-0.1, -0.05) is 6.07 Å². The molecule has 0 atom stereocenters. The van der Waals surface area contributed by atoms with Crippen LogP contribution < -0.4 is 4.18 Å². The Labute approximate surface area is 124 Å². The SMILES string of the molecule is Cc1cccc(-n2nc(C)c(C)c2OS(=O)(=O)C(F)(F)F)n1. The molecule has 10 heteroatoms. The van der Waals surface area contributed by atoms with Crippen molar-refractivity contribution < 1.29 is 25.8 Å². The Bertz CT molecular complexity index is 813. The highest BCUT2D eigenvalue weighted by Gasteiger charge is 2.49. The fraction of sp³-hybridized carbons (Fsp3) is 0.333. The summed E-state index contributed by atoms with van der Waals surface area (Å²) in [6.07, 6.45) is 0. The van der Waals surface area contributed by atoms with Crippen LogP contribution in [-0.2, 0) is 10.1 Å². The van der Waals surface area contributed by atoms with E-state index in [0.717, 1.165) is 4.68 Å². The van der Waals surface area contributed by atoms with E-state index in [1.807, 2.05) is 0 Å². The third kappa shape index (κ3) is 2.91. The predicted molar refractivity (Wildman–Crippen MR) is 71.2 cm³/mol. The Hall–Kier alpha value is -2.10. The number of hydrogen-bond acceptors (Lipinski definition) is 5. The van der Waals surface area contributed by atoms with Crippen LogP contribution in [0.3, 0.4) is 0 Å². The molecule has 0 saturated carbocycles. The van der Waals surface area contributed by atoms with Crippen LogP contribution in [-0.4, -0.2) is 28.7 Å². The Balaban J connectivity index is 2.58. The van der Waals surface area contributed by atoms with E-state index in [-0.39, 0.29) is 11.4 Å². The molecule has 0 aromatic carbocycles. The van der Waals surface area contributed by atoms with Crippen LogP contribution in [0.2, 0.25) is 0 Å². The van der Waals surface area contributed by atoms with E-state index in [0.29, 0.717) is 11.4 Å². The summed E-state index contributed by atoms with van der Waals surface area (Å²) < 4.78 is 65.1. The topological polar surface area (TPSA) is 74.1 Å². The molecule has 0 spiro atoms. The number of aromatic nitrogens is 3. The van der Waals surface area contributed by atoms with E-state index in [9.17, 15) is 21.6 Å². The van der Waals surface area contributed by atoms with E-state index in [4.69, 9.17) is 0 Å². The lowest BCUT2D eigenvalue weighted by Gasteiger charge is -2.11. The minimum absolute atomic E-state index is 0.156. The summed E-state index contributed by atoms with van der Waals surface area (Å²) in [5, 5.41) is 3.99. The zero-order valence-corrected chi connectivity index (χ0v) is 12.7. The van der Waals surface area contributed by atoms with Gasteiger partial charge in [0.2, 0.25) is 5.88 Å². The maximum absolute atomic E-state index is 12.5. The summed E-state index contributed by atoms with van der Waals surface area (Å²) in [6, 6.07) is 4.78. The molecular formula is C12H12F3N3O3S. The van der Waals surface area contributed by atoms with Crippen LogP contribution in [0.25, 0.3) is 5.82 Å². The first-order valence-corrected chi connectivity index (χ1v) is 7.45. The number of hydrogen-bond donors (Lipinski definition) is 0. The highest BCUT2D eigenvalue weighted by atomic mass is 32.2. The molecule has 120 valence electrons. The molecule has 0 aliphatic carbocycles. The van der Waals surface area contributed by atoms with Crippen molar-refractivity contribution in [3.8, 4) is 11.7 Å². The van der Waals surface area contributed by atoms with Crippen molar-refractivity contribution in [3.05, 3.63) is 35.2 Å². The number of nitrogens with zero attached hydrogens (tertiary/aromatic N) is 3. The first-order valence-electron chi connectivity index (χ1n) is 6.04. The van der Waals surface area contributed by atoms with Gasteiger partial charge in [-0.25, -0.2) is 4.98 Å². The van der Waals surface area contributed by atoms with Crippen LogP contribution >= 0.6 is 0 Å². The van der Waals surface area contributed by atoms with Crippen molar-refractivity contribution in [1.82, 2.24) is 14.8 Å². The van der Waals surface area contributed by atoms with Gasteiger partial charge in [-0.3, -0.25) is 0 Å². The summed E-state index contributed by atoms with van der Waals surface area (Å²) in [4.78, 5) is 4.10. The van der Waals surface area contributed by atoms with Crippen LogP contribution in [0, 0.1) is 20.8 Å². The Morgan fingerprint density at radius 2 is 1.82 bits per heavy atom. The third-order valence-corrected chi connectivity index (χ3v) is 3.81. The molecule has 2 heterocycles. The molecule has 22 heavy (non-hydrogen) atoms. The van der Waals surface area contributed by atoms with Crippen molar-refractivity contribution in [2.24, 2.45) is 0 Å². The molecule has 0 fully saturated rings. The van der Waals surface area contributed by atoms with Gasteiger partial charge < -0.3 is 4.18 Å². The van der Waals surface area contributed by atoms with E-state index in [2.05, 4.69) is 14.3 Å². The fourth-order valence-corrected chi connectivity index (χ4v) is 2.13. The molecule has 0 radical (unpaired) electrons. The van der Waals surface area contributed by atoms with Crippen molar-refractivity contribution in [2.45, 2.75) is 26.3 Å². The predicted octanol–water partition coefficient (Wildman–Crippen LogP) is 2.42. The summed E-state index contributed by atoms with van der Waals surface area (Å²) in [5.41, 5.74) is -4.43. The highest BCUT2D eigenvalue weighted by Crippen LogP contribution is 2.31. The van der Waals surface area contributed by atoms with E-state index < -0.39 is 21.5 Å². The van der Waals surface area contributed by atoms with Gasteiger partial charge in [0.25, 0.3) is 0 Å². The normalized spacial score (nSPS) is 12.5. The van der Waals surface area contributed by atoms with Gasteiger partial charge in [0.15, 0.2) is 5.82 Å². The lowest BCUT2D eigenvalue weighted by Crippen LogP contribution is -2.29. The maximum Gasteiger partial charge on any atom is 0.534 e. The van der Waals surface area contributed by atoms with Gasteiger partial charge in [-0.2, -0.15) is 31.4 Å². The van der Waals surface area contributed by atoms with Gasteiger partial charge in [-0.15, -0.1) is 0 Å². The standard InChI is InChI=1S/C12H12F3N3O3S/c1-7-5-4-6-10(16-7)18-11(8(2)9(3)17-18)21-22(19,20)12(13,14)15/h4-6H,1-3H3. The maximum atomic E-state index is 12.5. The molecule has 2 aromatic heterocycles. The van der Waals surface area contributed by atoms with Gasteiger partial charge in [0.05, 0.1) is 5.69 Å². The minimum atomic E-state index is -5.79. The average molecular weight is 335 g/mol. The minimum Gasteiger partial charge on any atom is -0.355 e. The fourth-order valence-electron chi connectivity index (χ4n) is 1.63. The lowest BCUT2D eigenvalue weighted by atomic mass is 10.3. The quantitative estimate of drug-likeness (QED) is 0.636. The molecule has 0 bridgehead atoms. The Morgan fingerprint density at radius 1 is 1.18 bits per heavy atom. The summed E-state index contributed by atoms with van der Waals surface area (Å²) in [5.74, 6) is -0.378. The Morgan fingerprint density at radius 3 is 2.36 bits per heavy atom. The van der Waals surface area contributed by atoms with Gasteiger partial charge >= 0.3 is 15.6 Å². The summed E-state index contributed by atoms with van der Waals surface area (Å²) in [6.45, 7) is 4.62. The number of rotatable bonds is 3. The number of pyridine rings is 1. The second-order valence-corrected chi connectivity index (χ2v) is 6.09. The van der Waals surface area contributed by atoms with Crippen LogP contribution in [0.1, 0.15) is 17.0 Å². The second kappa shape index (κ2) is 5.27. The number of halogens is 3. The van der Waals surface area contributed by atoms with E-state index >= 15 is 0 Å². The molecule has 0 unspecified atom stereocenters. The highest BCUT2D eigenvalue weighted by molar-refractivity contribution is 7.87. The molecule has 2 rings (SSSR count). The van der Waals surface area contributed by atoms with Gasteiger partial charge in [0, 0.05) is 11.3 Å². The number of aryl methyl sites for hydroxylation is 2. The zero-order chi connectivity index (χ0) is 16.7. The molecular weight excluding hydrogens is 323 g/mol. The van der Waals surface area contributed by atoms with Crippen molar-refractivity contribution in [1.29, 1.82) is 0 Å².